The maximum atomic E-state index is 5.42. The molecule has 2 nitrogen and oxygen atoms in total. The lowest BCUT2D eigenvalue weighted by atomic mass is 10.1. The molecule has 0 radical (unpaired) electrons. The number of alkyl halides is 1. The molecule has 94 valence electrons. The summed E-state index contributed by atoms with van der Waals surface area (Å²) >= 11 is 7.09. The standard InChI is InChI=1S/C13H17Br2NO/c1-16(12-4-6-17-7-5-12)13-3-2-11(15)8-10(13)9-14/h2-3,8,12H,4-7,9H2,1H3. The van der Waals surface area contributed by atoms with Crippen molar-refractivity contribution in [3.8, 4) is 0 Å². The number of hydrogen-bond donors (Lipinski definition) is 0. The summed E-state index contributed by atoms with van der Waals surface area (Å²) in [7, 11) is 2.19. The molecule has 1 aliphatic heterocycles. The third-order valence-corrected chi connectivity index (χ3v) is 4.40. The van der Waals surface area contributed by atoms with E-state index < -0.39 is 0 Å². The Hall–Kier alpha value is -0.0600. The highest BCUT2D eigenvalue weighted by atomic mass is 79.9. The Morgan fingerprint density at radius 2 is 2.06 bits per heavy atom. The summed E-state index contributed by atoms with van der Waals surface area (Å²) in [6.45, 7) is 1.77. The van der Waals surface area contributed by atoms with Crippen molar-refractivity contribution in [2.75, 3.05) is 25.2 Å². The van der Waals surface area contributed by atoms with Crippen LogP contribution in [0.4, 0.5) is 5.69 Å². The third kappa shape index (κ3) is 3.24. The van der Waals surface area contributed by atoms with Gasteiger partial charge in [-0.05, 0) is 36.6 Å². The summed E-state index contributed by atoms with van der Waals surface area (Å²) < 4.78 is 6.55. The molecule has 4 heteroatoms. The molecule has 0 aliphatic carbocycles. The number of anilines is 1. The minimum atomic E-state index is 0.600. The molecule has 0 saturated carbocycles. The van der Waals surface area contributed by atoms with E-state index in [4.69, 9.17) is 4.74 Å². The summed E-state index contributed by atoms with van der Waals surface area (Å²) in [4.78, 5) is 2.39. The first kappa shape index (κ1) is 13.4. The Morgan fingerprint density at radius 3 is 2.71 bits per heavy atom. The molecule has 17 heavy (non-hydrogen) atoms. The van der Waals surface area contributed by atoms with E-state index in [1.165, 1.54) is 11.3 Å². The van der Waals surface area contributed by atoms with Crippen molar-refractivity contribution in [2.24, 2.45) is 0 Å². The third-order valence-electron chi connectivity index (χ3n) is 3.30. The summed E-state index contributed by atoms with van der Waals surface area (Å²) in [6.07, 6.45) is 2.24. The van der Waals surface area contributed by atoms with E-state index >= 15 is 0 Å². The normalized spacial score (nSPS) is 17.1. The van der Waals surface area contributed by atoms with E-state index in [1.807, 2.05) is 0 Å². The van der Waals surface area contributed by atoms with Crippen molar-refractivity contribution in [3.05, 3.63) is 28.2 Å². The molecule has 0 unspecified atom stereocenters. The first-order valence-electron chi connectivity index (χ1n) is 5.87. The highest BCUT2D eigenvalue weighted by Gasteiger charge is 2.20. The second-order valence-corrected chi connectivity index (χ2v) is 5.84. The Balaban J connectivity index is 2.19. The quantitative estimate of drug-likeness (QED) is 0.754. The average molecular weight is 363 g/mol. The SMILES string of the molecule is CN(c1ccc(Br)cc1CBr)C1CCOCC1. The Kier molecular flexibility index (Phi) is 4.88. The molecule has 0 N–H and O–H groups in total. The van der Waals surface area contributed by atoms with Crippen LogP contribution in [0.3, 0.4) is 0 Å². The molecule has 1 aromatic rings. The molecule has 0 amide bonds. The van der Waals surface area contributed by atoms with Crippen molar-refractivity contribution in [1.82, 2.24) is 0 Å². The second kappa shape index (κ2) is 6.21. The first-order chi connectivity index (χ1) is 8.22. The van der Waals surface area contributed by atoms with Gasteiger partial charge in [-0.2, -0.15) is 0 Å². The average Bonchev–Trinajstić information content (AvgIpc) is 2.39. The smallest absolute Gasteiger partial charge is 0.0485 e. The van der Waals surface area contributed by atoms with Crippen LogP contribution in [-0.2, 0) is 10.1 Å². The molecule has 1 aliphatic rings. The maximum absolute atomic E-state index is 5.42. The molecule has 0 bridgehead atoms. The lowest BCUT2D eigenvalue weighted by Gasteiger charge is -2.34. The lowest BCUT2D eigenvalue weighted by molar-refractivity contribution is 0.0854. The number of rotatable bonds is 3. The van der Waals surface area contributed by atoms with Crippen LogP contribution in [0.2, 0.25) is 0 Å². The van der Waals surface area contributed by atoms with E-state index in [-0.39, 0.29) is 0 Å². The molecule has 2 rings (SSSR count). The molecule has 1 saturated heterocycles. The van der Waals surface area contributed by atoms with Gasteiger partial charge in [-0.15, -0.1) is 0 Å². The zero-order chi connectivity index (χ0) is 12.3. The molecular weight excluding hydrogens is 346 g/mol. The van der Waals surface area contributed by atoms with Gasteiger partial charge in [-0.25, -0.2) is 0 Å². The number of hydrogen-bond acceptors (Lipinski definition) is 2. The fourth-order valence-corrected chi connectivity index (χ4v) is 3.13. The molecule has 0 spiro atoms. The molecular formula is C13H17Br2NO. The van der Waals surface area contributed by atoms with Crippen molar-refractivity contribution < 1.29 is 4.74 Å². The number of ether oxygens (including phenoxy) is 1. The topological polar surface area (TPSA) is 12.5 Å². The Labute approximate surface area is 120 Å². The maximum Gasteiger partial charge on any atom is 0.0485 e. The van der Waals surface area contributed by atoms with Crippen molar-refractivity contribution in [1.29, 1.82) is 0 Å². The van der Waals surface area contributed by atoms with Gasteiger partial charge in [0.15, 0.2) is 0 Å². The minimum Gasteiger partial charge on any atom is -0.381 e. The summed E-state index contributed by atoms with van der Waals surface area (Å²) in [5.41, 5.74) is 2.64. The number of halogens is 2. The van der Waals surface area contributed by atoms with Crippen molar-refractivity contribution in [3.63, 3.8) is 0 Å². The van der Waals surface area contributed by atoms with Gasteiger partial charge in [-0.1, -0.05) is 31.9 Å². The number of nitrogens with zero attached hydrogens (tertiary/aromatic N) is 1. The van der Waals surface area contributed by atoms with Crippen LogP contribution < -0.4 is 4.90 Å². The predicted molar refractivity (Wildman–Crippen MR) is 79.0 cm³/mol. The summed E-state index contributed by atoms with van der Waals surface area (Å²) in [5.74, 6) is 0. The van der Waals surface area contributed by atoms with Crippen LogP contribution in [-0.4, -0.2) is 26.3 Å². The van der Waals surface area contributed by atoms with Crippen LogP contribution in [0.25, 0.3) is 0 Å². The van der Waals surface area contributed by atoms with Gasteiger partial charge in [-0.3, -0.25) is 0 Å². The first-order valence-corrected chi connectivity index (χ1v) is 7.79. The van der Waals surface area contributed by atoms with Gasteiger partial charge in [0.2, 0.25) is 0 Å². The lowest BCUT2D eigenvalue weighted by Crippen LogP contribution is -2.37. The van der Waals surface area contributed by atoms with Crippen LogP contribution in [0.15, 0.2) is 22.7 Å². The summed E-state index contributed by atoms with van der Waals surface area (Å²) in [6, 6.07) is 7.08. The monoisotopic (exact) mass is 361 g/mol. The van der Waals surface area contributed by atoms with Crippen LogP contribution >= 0.6 is 31.9 Å². The van der Waals surface area contributed by atoms with Gasteiger partial charge in [0.25, 0.3) is 0 Å². The van der Waals surface area contributed by atoms with E-state index in [0.29, 0.717) is 6.04 Å². The van der Waals surface area contributed by atoms with E-state index in [1.54, 1.807) is 0 Å². The Morgan fingerprint density at radius 1 is 1.35 bits per heavy atom. The van der Waals surface area contributed by atoms with Gasteiger partial charge in [0.05, 0.1) is 0 Å². The molecule has 0 aromatic heterocycles. The molecule has 0 atom stereocenters. The fraction of sp³-hybridized carbons (Fsp3) is 0.538. The second-order valence-electron chi connectivity index (χ2n) is 4.36. The van der Waals surface area contributed by atoms with Crippen molar-refractivity contribution >= 4 is 37.5 Å². The highest BCUT2D eigenvalue weighted by molar-refractivity contribution is 9.10. The highest BCUT2D eigenvalue weighted by Crippen LogP contribution is 2.29. The zero-order valence-electron chi connectivity index (χ0n) is 9.96. The molecule has 1 aromatic carbocycles. The summed E-state index contributed by atoms with van der Waals surface area (Å²) in [5, 5.41) is 0.884. The van der Waals surface area contributed by atoms with Crippen LogP contribution in [0, 0.1) is 0 Å². The molecule has 1 heterocycles. The van der Waals surface area contributed by atoms with Crippen LogP contribution in [0.1, 0.15) is 18.4 Å². The van der Waals surface area contributed by atoms with Gasteiger partial charge < -0.3 is 9.64 Å². The predicted octanol–water partition coefficient (Wildman–Crippen LogP) is 3.96. The van der Waals surface area contributed by atoms with Gasteiger partial charge in [0.1, 0.15) is 0 Å². The minimum absolute atomic E-state index is 0.600. The fourth-order valence-electron chi connectivity index (χ4n) is 2.27. The number of benzene rings is 1. The van der Waals surface area contributed by atoms with E-state index in [9.17, 15) is 0 Å². The van der Waals surface area contributed by atoms with E-state index in [0.717, 1.165) is 35.9 Å². The van der Waals surface area contributed by atoms with Crippen LogP contribution in [0.5, 0.6) is 0 Å². The van der Waals surface area contributed by atoms with Gasteiger partial charge >= 0.3 is 0 Å². The zero-order valence-corrected chi connectivity index (χ0v) is 13.1. The van der Waals surface area contributed by atoms with E-state index in [2.05, 4.69) is 62.0 Å². The largest absolute Gasteiger partial charge is 0.381 e. The molecule has 1 fully saturated rings. The Bertz CT molecular complexity index is 378. The van der Waals surface area contributed by atoms with Gasteiger partial charge in [0, 0.05) is 41.8 Å². The van der Waals surface area contributed by atoms with Crippen molar-refractivity contribution in [2.45, 2.75) is 24.2 Å².